The van der Waals surface area contributed by atoms with E-state index in [0.717, 1.165) is 28.1 Å². The zero-order chi connectivity index (χ0) is 15.5. The van der Waals surface area contributed by atoms with Gasteiger partial charge in [0.1, 0.15) is 12.4 Å². The molecule has 3 rings (SSSR count). The molecular weight excluding hydrogens is 401 g/mol. The van der Waals surface area contributed by atoms with Gasteiger partial charge in [-0.05, 0) is 37.6 Å². The van der Waals surface area contributed by atoms with Gasteiger partial charge in [0.05, 0.1) is 11.0 Å². The van der Waals surface area contributed by atoms with E-state index < -0.39 is 0 Å². The Labute approximate surface area is 152 Å². The lowest BCUT2D eigenvalue weighted by molar-refractivity contribution is 0.954. The number of aryl methyl sites for hydroxylation is 2. The van der Waals surface area contributed by atoms with Gasteiger partial charge in [-0.2, -0.15) is 0 Å². The van der Waals surface area contributed by atoms with E-state index in [-0.39, 0.29) is 24.0 Å². The molecule has 6 heteroatoms. The first-order valence-corrected chi connectivity index (χ1v) is 7.19. The number of guanidine groups is 1. The number of hydrogen-bond donors (Lipinski definition) is 3. The van der Waals surface area contributed by atoms with Crippen molar-refractivity contribution in [2.24, 2.45) is 10.7 Å². The quantitative estimate of drug-likeness (QED) is 0.343. The molecule has 23 heavy (non-hydrogen) atoms. The number of para-hydroxylation sites is 1. The summed E-state index contributed by atoms with van der Waals surface area (Å²) in [5, 5.41) is 3.07. The van der Waals surface area contributed by atoms with Crippen LogP contribution < -0.4 is 11.1 Å². The Kier molecular flexibility index (Phi) is 5.59. The second kappa shape index (κ2) is 7.45. The van der Waals surface area contributed by atoms with Crippen molar-refractivity contribution in [3.63, 3.8) is 0 Å². The summed E-state index contributed by atoms with van der Waals surface area (Å²) in [7, 11) is 0. The molecule has 0 aliphatic rings. The number of anilines is 1. The van der Waals surface area contributed by atoms with E-state index in [1.807, 2.05) is 56.3 Å². The minimum absolute atomic E-state index is 0. The van der Waals surface area contributed by atoms with Crippen molar-refractivity contribution in [3.05, 3.63) is 59.4 Å². The van der Waals surface area contributed by atoms with Gasteiger partial charge in [-0.15, -0.1) is 24.0 Å². The minimum atomic E-state index is 0. The van der Waals surface area contributed by atoms with Crippen molar-refractivity contribution < 1.29 is 0 Å². The first-order chi connectivity index (χ1) is 10.6. The number of imidazole rings is 1. The summed E-state index contributed by atoms with van der Waals surface area (Å²) in [5.41, 5.74) is 11.2. The Hall–Kier alpha value is -2.09. The second-order valence-corrected chi connectivity index (χ2v) is 5.35. The summed E-state index contributed by atoms with van der Waals surface area (Å²) in [6.07, 6.45) is 0. The molecule has 2 aromatic carbocycles. The third kappa shape index (κ3) is 4.22. The highest BCUT2D eigenvalue weighted by Crippen LogP contribution is 2.15. The average Bonchev–Trinajstić information content (AvgIpc) is 2.92. The third-order valence-corrected chi connectivity index (χ3v) is 3.49. The van der Waals surface area contributed by atoms with E-state index in [1.54, 1.807) is 0 Å². The molecule has 120 valence electrons. The maximum Gasteiger partial charge on any atom is 0.193 e. The standard InChI is InChI=1S/C17H19N5.HI/c1-11-6-8-13(9-7-11)20-17(18)19-10-15-21-14-5-3-4-12(2)16(14)22-15;/h3-9H,10H2,1-2H3,(H,21,22)(H3,18,19,20);1H. The first-order valence-electron chi connectivity index (χ1n) is 7.19. The Balaban J connectivity index is 0.00000192. The van der Waals surface area contributed by atoms with E-state index >= 15 is 0 Å². The van der Waals surface area contributed by atoms with Gasteiger partial charge in [0.15, 0.2) is 5.96 Å². The van der Waals surface area contributed by atoms with Crippen molar-refractivity contribution in [2.75, 3.05) is 5.32 Å². The number of aromatic amines is 1. The predicted molar refractivity (Wildman–Crippen MR) is 106 cm³/mol. The van der Waals surface area contributed by atoms with Crippen LogP contribution >= 0.6 is 24.0 Å². The molecule has 0 fully saturated rings. The van der Waals surface area contributed by atoms with Crippen molar-refractivity contribution >= 4 is 46.7 Å². The maximum atomic E-state index is 5.91. The van der Waals surface area contributed by atoms with E-state index in [1.165, 1.54) is 5.56 Å². The van der Waals surface area contributed by atoms with Crippen LogP contribution in [0.25, 0.3) is 11.0 Å². The fraction of sp³-hybridized carbons (Fsp3) is 0.176. The molecular formula is C17H20IN5. The lowest BCUT2D eigenvalue weighted by Gasteiger charge is -2.05. The topological polar surface area (TPSA) is 79.1 Å². The van der Waals surface area contributed by atoms with Crippen LogP contribution in [-0.2, 0) is 6.54 Å². The number of H-pyrrole nitrogens is 1. The molecule has 0 spiro atoms. The number of halogens is 1. The van der Waals surface area contributed by atoms with Gasteiger partial charge >= 0.3 is 0 Å². The zero-order valence-corrected chi connectivity index (χ0v) is 15.5. The van der Waals surface area contributed by atoms with Crippen molar-refractivity contribution in [1.29, 1.82) is 0 Å². The molecule has 0 aliphatic heterocycles. The Morgan fingerprint density at radius 3 is 2.61 bits per heavy atom. The van der Waals surface area contributed by atoms with Crippen LogP contribution in [0.15, 0.2) is 47.5 Å². The number of benzene rings is 2. The number of aromatic nitrogens is 2. The van der Waals surface area contributed by atoms with Crippen LogP contribution in [0, 0.1) is 13.8 Å². The van der Waals surface area contributed by atoms with E-state index in [9.17, 15) is 0 Å². The molecule has 1 heterocycles. The molecule has 5 nitrogen and oxygen atoms in total. The average molecular weight is 421 g/mol. The third-order valence-electron chi connectivity index (χ3n) is 3.49. The monoisotopic (exact) mass is 421 g/mol. The van der Waals surface area contributed by atoms with E-state index in [2.05, 4.69) is 20.3 Å². The highest BCUT2D eigenvalue weighted by molar-refractivity contribution is 14.0. The van der Waals surface area contributed by atoms with Gasteiger partial charge in [0, 0.05) is 5.69 Å². The van der Waals surface area contributed by atoms with Crippen LogP contribution in [0.4, 0.5) is 5.69 Å². The predicted octanol–water partition coefficient (Wildman–Crippen LogP) is 3.72. The smallest absolute Gasteiger partial charge is 0.193 e. The fourth-order valence-electron chi connectivity index (χ4n) is 2.29. The molecule has 0 unspecified atom stereocenters. The van der Waals surface area contributed by atoms with Crippen LogP contribution in [0.3, 0.4) is 0 Å². The summed E-state index contributed by atoms with van der Waals surface area (Å²) >= 11 is 0. The van der Waals surface area contributed by atoms with Crippen LogP contribution in [0.1, 0.15) is 17.0 Å². The largest absolute Gasteiger partial charge is 0.370 e. The van der Waals surface area contributed by atoms with Crippen LogP contribution in [0.5, 0.6) is 0 Å². The fourth-order valence-corrected chi connectivity index (χ4v) is 2.29. The maximum absolute atomic E-state index is 5.91. The van der Waals surface area contributed by atoms with Crippen LogP contribution in [-0.4, -0.2) is 15.9 Å². The zero-order valence-electron chi connectivity index (χ0n) is 13.1. The molecule has 0 saturated carbocycles. The van der Waals surface area contributed by atoms with Crippen LogP contribution in [0.2, 0.25) is 0 Å². The molecule has 0 saturated heterocycles. The molecule has 0 radical (unpaired) electrons. The normalized spacial score (nSPS) is 11.3. The van der Waals surface area contributed by atoms with Gasteiger partial charge in [0.2, 0.25) is 0 Å². The Morgan fingerprint density at radius 1 is 1.17 bits per heavy atom. The lowest BCUT2D eigenvalue weighted by Crippen LogP contribution is -2.22. The molecule has 0 aliphatic carbocycles. The number of nitrogens with two attached hydrogens (primary N) is 1. The SMILES string of the molecule is Cc1ccc(NC(N)=NCc2nc3c(C)cccc3[nH]2)cc1.I. The van der Waals surface area contributed by atoms with Crippen molar-refractivity contribution in [1.82, 2.24) is 9.97 Å². The number of fused-ring (bicyclic) bond motifs is 1. The Bertz CT molecular complexity index is 821. The van der Waals surface area contributed by atoms with Gasteiger partial charge in [-0.1, -0.05) is 29.8 Å². The number of hydrogen-bond acceptors (Lipinski definition) is 2. The van der Waals surface area contributed by atoms with Gasteiger partial charge in [-0.25, -0.2) is 9.98 Å². The molecule has 4 N–H and O–H groups in total. The summed E-state index contributed by atoms with van der Waals surface area (Å²) in [4.78, 5) is 12.1. The number of aliphatic imine (C=N–C) groups is 1. The summed E-state index contributed by atoms with van der Waals surface area (Å²) in [6.45, 7) is 4.51. The molecule has 1 aromatic heterocycles. The first kappa shape index (κ1) is 17.3. The number of nitrogens with zero attached hydrogens (tertiary/aromatic N) is 2. The Morgan fingerprint density at radius 2 is 1.91 bits per heavy atom. The molecule has 0 atom stereocenters. The van der Waals surface area contributed by atoms with E-state index in [0.29, 0.717) is 12.5 Å². The highest BCUT2D eigenvalue weighted by Gasteiger charge is 2.04. The minimum Gasteiger partial charge on any atom is -0.370 e. The van der Waals surface area contributed by atoms with Crippen molar-refractivity contribution in [3.8, 4) is 0 Å². The summed E-state index contributed by atoms with van der Waals surface area (Å²) in [6, 6.07) is 14.1. The number of rotatable bonds is 3. The molecule has 0 bridgehead atoms. The molecule has 3 aromatic rings. The second-order valence-electron chi connectivity index (χ2n) is 5.35. The lowest BCUT2D eigenvalue weighted by atomic mass is 10.2. The number of nitrogens with one attached hydrogen (secondary N) is 2. The highest BCUT2D eigenvalue weighted by atomic mass is 127. The summed E-state index contributed by atoms with van der Waals surface area (Å²) < 4.78 is 0. The van der Waals surface area contributed by atoms with E-state index in [4.69, 9.17) is 5.73 Å². The summed E-state index contributed by atoms with van der Waals surface area (Å²) in [5.74, 6) is 1.18. The van der Waals surface area contributed by atoms with Gasteiger partial charge < -0.3 is 16.0 Å². The molecule has 0 amide bonds. The van der Waals surface area contributed by atoms with Gasteiger partial charge in [-0.3, -0.25) is 0 Å². The van der Waals surface area contributed by atoms with Gasteiger partial charge in [0.25, 0.3) is 0 Å². The van der Waals surface area contributed by atoms with Crippen molar-refractivity contribution in [2.45, 2.75) is 20.4 Å².